The predicted octanol–water partition coefficient (Wildman–Crippen LogP) is 3.75. The zero-order chi connectivity index (χ0) is 18.4. The van der Waals surface area contributed by atoms with Gasteiger partial charge in [0.1, 0.15) is 5.75 Å². The van der Waals surface area contributed by atoms with E-state index in [9.17, 15) is 4.79 Å². The molecule has 2 aromatic carbocycles. The summed E-state index contributed by atoms with van der Waals surface area (Å²) in [5.74, 6) is 2.04. The van der Waals surface area contributed by atoms with Crippen LogP contribution in [0.2, 0.25) is 0 Å². The highest BCUT2D eigenvalue weighted by Gasteiger charge is 2.21. The van der Waals surface area contributed by atoms with Gasteiger partial charge in [0.2, 0.25) is 5.91 Å². The van der Waals surface area contributed by atoms with E-state index >= 15 is 0 Å². The molecular formula is C21H23NO4. The number of nitrogens with one attached hydrogen (secondary N) is 1. The Labute approximate surface area is 153 Å². The molecule has 1 N–H and O–H groups in total. The SMILES string of the molecule is CCOc1cc(/C=C/C(=O)N[C@H]2CCOc3ccccc32)ccc1OC. The summed E-state index contributed by atoms with van der Waals surface area (Å²) in [6.45, 7) is 3.07. The van der Waals surface area contributed by atoms with Crippen molar-refractivity contribution in [3.05, 3.63) is 59.7 Å². The lowest BCUT2D eigenvalue weighted by Crippen LogP contribution is -2.30. The van der Waals surface area contributed by atoms with Gasteiger partial charge in [-0.1, -0.05) is 24.3 Å². The van der Waals surface area contributed by atoms with Crippen LogP contribution in [0.15, 0.2) is 48.5 Å². The number of carbonyl (C=O) groups excluding carboxylic acids is 1. The van der Waals surface area contributed by atoms with Crippen molar-refractivity contribution in [1.82, 2.24) is 5.32 Å². The van der Waals surface area contributed by atoms with E-state index in [4.69, 9.17) is 14.2 Å². The van der Waals surface area contributed by atoms with Gasteiger partial charge in [-0.05, 0) is 36.8 Å². The molecule has 5 heteroatoms. The van der Waals surface area contributed by atoms with Crippen LogP contribution in [0.25, 0.3) is 6.08 Å². The lowest BCUT2D eigenvalue weighted by Gasteiger charge is -2.26. The lowest BCUT2D eigenvalue weighted by molar-refractivity contribution is -0.117. The lowest BCUT2D eigenvalue weighted by atomic mass is 10.0. The third-order valence-corrected chi connectivity index (χ3v) is 4.19. The van der Waals surface area contributed by atoms with Gasteiger partial charge < -0.3 is 19.5 Å². The summed E-state index contributed by atoms with van der Waals surface area (Å²) < 4.78 is 16.5. The normalized spacial score (nSPS) is 15.8. The molecule has 2 aromatic rings. The van der Waals surface area contributed by atoms with Crippen LogP contribution < -0.4 is 19.5 Å². The molecule has 136 valence electrons. The summed E-state index contributed by atoms with van der Waals surface area (Å²) in [7, 11) is 1.60. The van der Waals surface area contributed by atoms with Gasteiger partial charge in [-0.3, -0.25) is 4.79 Å². The maximum Gasteiger partial charge on any atom is 0.244 e. The van der Waals surface area contributed by atoms with Crippen LogP contribution in [-0.2, 0) is 4.79 Å². The van der Waals surface area contributed by atoms with E-state index in [2.05, 4.69) is 5.32 Å². The van der Waals surface area contributed by atoms with Crippen molar-refractivity contribution in [3.63, 3.8) is 0 Å². The number of ether oxygens (including phenoxy) is 3. The average molecular weight is 353 g/mol. The molecule has 0 saturated carbocycles. The van der Waals surface area contributed by atoms with Gasteiger partial charge >= 0.3 is 0 Å². The maximum atomic E-state index is 12.3. The minimum absolute atomic E-state index is 0.0352. The summed E-state index contributed by atoms with van der Waals surface area (Å²) in [6.07, 6.45) is 4.06. The fraction of sp³-hybridized carbons (Fsp3) is 0.286. The zero-order valence-corrected chi connectivity index (χ0v) is 15.0. The van der Waals surface area contributed by atoms with Crippen molar-refractivity contribution >= 4 is 12.0 Å². The van der Waals surface area contributed by atoms with E-state index in [0.29, 0.717) is 24.7 Å². The Kier molecular flexibility index (Phi) is 5.79. The standard InChI is InChI=1S/C21H23NO4/c1-3-25-20-14-15(8-10-19(20)24-2)9-11-21(23)22-17-12-13-26-18-7-5-4-6-16(17)18/h4-11,14,17H,3,12-13H2,1-2H3,(H,22,23)/b11-9+/t17-/m0/s1. The monoisotopic (exact) mass is 353 g/mol. The number of methoxy groups -OCH3 is 1. The second kappa shape index (κ2) is 8.43. The van der Waals surface area contributed by atoms with Crippen molar-refractivity contribution in [2.75, 3.05) is 20.3 Å². The van der Waals surface area contributed by atoms with Crippen LogP contribution in [0.4, 0.5) is 0 Å². The molecule has 0 saturated heterocycles. The Hall–Kier alpha value is -2.95. The number of hydrogen-bond donors (Lipinski definition) is 1. The molecule has 5 nitrogen and oxygen atoms in total. The van der Waals surface area contributed by atoms with Gasteiger partial charge in [0.05, 0.1) is 26.4 Å². The molecule has 1 aliphatic heterocycles. The van der Waals surface area contributed by atoms with E-state index in [1.807, 2.05) is 49.4 Å². The number of hydrogen-bond acceptors (Lipinski definition) is 4. The summed E-state index contributed by atoms with van der Waals surface area (Å²) in [6, 6.07) is 13.3. The number of fused-ring (bicyclic) bond motifs is 1. The van der Waals surface area contributed by atoms with Crippen molar-refractivity contribution in [1.29, 1.82) is 0 Å². The highest BCUT2D eigenvalue weighted by Crippen LogP contribution is 2.31. The number of benzene rings is 2. The smallest absolute Gasteiger partial charge is 0.244 e. The molecule has 1 amide bonds. The van der Waals surface area contributed by atoms with Gasteiger partial charge in [0, 0.05) is 18.1 Å². The Morgan fingerprint density at radius 1 is 1.27 bits per heavy atom. The molecular weight excluding hydrogens is 330 g/mol. The molecule has 0 spiro atoms. The van der Waals surface area contributed by atoms with Crippen molar-refractivity contribution in [3.8, 4) is 17.2 Å². The highest BCUT2D eigenvalue weighted by atomic mass is 16.5. The predicted molar refractivity (Wildman–Crippen MR) is 101 cm³/mol. The number of amides is 1. The first-order valence-corrected chi connectivity index (χ1v) is 8.72. The van der Waals surface area contributed by atoms with Gasteiger partial charge in [-0.2, -0.15) is 0 Å². The Morgan fingerprint density at radius 2 is 2.12 bits per heavy atom. The first-order valence-electron chi connectivity index (χ1n) is 8.72. The van der Waals surface area contributed by atoms with E-state index in [1.165, 1.54) is 6.08 Å². The van der Waals surface area contributed by atoms with Crippen molar-refractivity contribution < 1.29 is 19.0 Å². The minimum Gasteiger partial charge on any atom is -0.493 e. The molecule has 1 aliphatic rings. The van der Waals surface area contributed by atoms with E-state index in [0.717, 1.165) is 23.3 Å². The van der Waals surface area contributed by atoms with Gasteiger partial charge in [0.25, 0.3) is 0 Å². The fourth-order valence-electron chi connectivity index (χ4n) is 2.95. The second-order valence-corrected chi connectivity index (χ2v) is 5.91. The Morgan fingerprint density at radius 3 is 2.92 bits per heavy atom. The van der Waals surface area contributed by atoms with Crippen molar-refractivity contribution in [2.24, 2.45) is 0 Å². The molecule has 0 aromatic heterocycles. The number of carbonyl (C=O) groups is 1. The van der Waals surface area contributed by atoms with Crippen LogP contribution in [0, 0.1) is 0 Å². The quantitative estimate of drug-likeness (QED) is 0.804. The molecule has 3 rings (SSSR count). The van der Waals surface area contributed by atoms with E-state index in [1.54, 1.807) is 13.2 Å². The number of para-hydroxylation sites is 1. The average Bonchev–Trinajstić information content (AvgIpc) is 2.67. The molecule has 1 heterocycles. The molecule has 0 bridgehead atoms. The van der Waals surface area contributed by atoms with E-state index in [-0.39, 0.29) is 11.9 Å². The second-order valence-electron chi connectivity index (χ2n) is 5.91. The molecule has 0 fully saturated rings. The largest absolute Gasteiger partial charge is 0.493 e. The first-order chi connectivity index (χ1) is 12.7. The van der Waals surface area contributed by atoms with Crippen LogP contribution in [0.5, 0.6) is 17.2 Å². The van der Waals surface area contributed by atoms with Crippen LogP contribution >= 0.6 is 0 Å². The summed E-state index contributed by atoms with van der Waals surface area (Å²) >= 11 is 0. The van der Waals surface area contributed by atoms with Gasteiger partial charge in [-0.25, -0.2) is 0 Å². The number of rotatable bonds is 6. The highest BCUT2D eigenvalue weighted by molar-refractivity contribution is 5.92. The third-order valence-electron chi connectivity index (χ3n) is 4.19. The fourth-order valence-corrected chi connectivity index (χ4v) is 2.95. The Balaban J connectivity index is 1.68. The minimum atomic E-state index is -0.138. The van der Waals surface area contributed by atoms with Gasteiger partial charge in [0.15, 0.2) is 11.5 Å². The molecule has 1 atom stereocenters. The van der Waals surface area contributed by atoms with Crippen LogP contribution in [0.1, 0.15) is 30.5 Å². The molecule has 0 unspecified atom stereocenters. The van der Waals surface area contributed by atoms with Crippen LogP contribution in [0.3, 0.4) is 0 Å². The zero-order valence-electron chi connectivity index (χ0n) is 15.0. The molecule has 0 radical (unpaired) electrons. The Bertz CT molecular complexity index is 800. The van der Waals surface area contributed by atoms with E-state index < -0.39 is 0 Å². The maximum absolute atomic E-state index is 12.3. The van der Waals surface area contributed by atoms with Gasteiger partial charge in [-0.15, -0.1) is 0 Å². The topological polar surface area (TPSA) is 56.8 Å². The summed E-state index contributed by atoms with van der Waals surface area (Å²) in [4.78, 5) is 12.3. The van der Waals surface area contributed by atoms with Crippen LogP contribution in [-0.4, -0.2) is 26.2 Å². The molecule has 0 aliphatic carbocycles. The van der Waals surface area contributed by atoms with Crippen molar-refractivity contribution in [2.45, 2.75) is 19.4 Å². The summed E-state index contributed by atoms with van der Waals surface area (Å²) in [5.41, 5.74) is 1.89. The third kappa shape index (κ3) is 4.17. The molecule has 26 heavy (non-hydrogen) atoms. The first kappa shape index (κ1) is 17.9. The summed E-state index contributed by atoms with van der Waals surface area (Å²) in [5, 5.41) is 3.05.